The molecule has 110 valence electrons. The van der Waals surface area contributed by atoms with Gasteiger partial charge in [-0.15, -0.1) is 5.10 Å². The van der Waals surface area contributed by atoms with Crippen LogP contribution in [0, 0.1) is 6.92 Å². The molecule has 0 fully saturated rings. The Balaban J connectivity index is 1.97. The average molecular weight is 309 g/mol. The van der Waals surface area contributed by atoms with Gasteiger partial charge in [0.2, 0.25) is 0 Å². The standard InChI is InChI=1S/C17H15N3OS/c1-13-7-5-6-8-14(13)11-20(15-9-3-2-4-10-15)17(21)16-12-22-19-18-16/h2-10,12H,11H2,1H3. The summed E-state index contributed by atoms with van der Waals surface area (Å²) >= 11 is 1.18. The van der Waals surface area contributed by atoms with Crippen molar-refractivity contribution in [3.63, 3.8) is 0 Å². The number of benzene rings is 2. The minimum absolute atomic E-state index is 0.136. The van der Waals surface area contributed by atoms with E-state index in [9.17, 15) is 4.79 Å². The second kappa shape index (κ2) is 6.49. The van der Waals surface area contributed by atoms with Crippen LogP contribution in [0.25, 0.3) is 0 Å². The zero-order chi connectivity index (χ0) is 15.4. The largest absolute Gasteiger partial charge is 0.303 e. The predicted molar refractivity (Wildman–Crippen MR) is 88.0 cm³/mol. The summed E-state index contributed by atoms with van der Waals surface area (Å²) in [5.74, 6) is -0.136. The molecule has 0 saturated carbocycles. The number of rotatable bonds is 4. The molecule has 0 bridgehead atoms. The van der Waals surface area contributed by atoms with E-state index in [1.165, 1.54) is 11.5 Å². The molecule has 2 aromatic carbocycles. The predicted octanol–water partition coefficient (Wildman–Crippen LogP) is 3.69. The zero-order valence-corrected chi connectivity index (χ0v) is 13.0. The van der Waals surface area contributed by atoms with Gasteiger partial charge in [0.05, 0.1) is 6.54 Å². The molecule has 1 heterocycles. The number of hydrogen-bond acceptors (Lipinski definition) is 4. The van der Waals surface area contributed by atoms with Gasteiger partial charge in [-0.2, -0.15) is 0 Å². The summed E-state index contributed by atoms with van der Waals surface area (Å²) in [6.07, 6.45) is 0. The number of aromatic nitrogens is 2. The van der Waals surface area contributed by atoms with Crippen molar-refractivity contribution in [1.82, 2.24) is 9.59 Å². The third-order valence-corrected chi connectivity index (χ3v) is 3.99. The Bertz CT molecular complexity index is 757. The van der Waals surface area contributed by atoms with E-state index in [1.807, 2.05) is 61.5 Å². The van der Waals surface area contributed by atoms with Crippen LogP contribution in [0.4, 0.5) is 5.69 Å². The quantitative estimate of drug-likeness (QED) is 0.738. The molecule has 1 aromatic heterocycles. The van der Waals surface area contributed by atoms with E-state index < -0.39 is 0 Å². The molecule has 0 aliphatic carbocycles. The normalized spacial score (nSPS) is 10.4. The van der Waals surface area contributed by atoms with E-state index in [1.54, 1.807) is 10.3 Å². The number of aryl methyl sites for hydroxylation is 1. The van der Waals surface area contributed by atoms with Crippen LogP contribution in [-0.4, -0.2) is 15.5 Å². The highest BCUT2D eigenvalue weighted by Gasteiger charge is 2.20. The van der Waals surface area contributed by atoms with Gasteiger partial charge < -0.3 is 4.90 Å². The number of carbonyl (C=O) groups is 1. The highest BCUT2D eigenvalue weighted by atomic mass is 32.1. The van der Waals surface area contributed by atoms with Crippen molar-refractivity contribution < 1.29 is 4.79 Å². The van der Waals surface area contributed by atoms with E-state index >= 15 is 0 Å². The number of para-hydroxylation sites is 1. The molecule has 0 N–H and O–H groups in total. The maximum Gasteiger partial charge on any atom is 0.280 e. The highest BCUT2D eigenvalue weighted by Crippen LogP contribution is 2.21. The molecule has 3 aromatic rings. The summed E-state index contributed by atoms with van der Waals surface area (Å²) in [6, 6.07) is 17.7. The van der Waals surface area contributed by atoms with E-state index in [0.717, 1.165) is 16.8 Å². The third-order valence-electron chi connectivity index (χ3n) is 3.48. The lowest BCUT2D eigenvalue weighted by atomic mass is 10.1. The van der Waals surface area contributed by atoms with Crippen LogP contribution in [0.3, 0.4) is 0 Å². The molecule has 4 nitrogen and oxygen atoms in total. The molecule has 5 heteroatoms. The van der Waals surface area contributed by atoms with Crippen LogP contribution >= 0.6 is 11.5 Å². The van der Waals surface area contributed by atoms with E-state index in [4.69, 9.17) is 0 Å². The minimum atomic E-state index is -0.136. The first-order valence-electron chi connectivity index (χ1n) is 6.94. The first-order valence-corrected chi connectivity index (χ1v) is 7.78. The fraction of sp³-hybridized carbons (Fsp3) is 0.118. The summed E-state index contributed by atoms with van der Waals surface area (Å²) in [5, 5.41) is 5.58. The molecule has 0 aliphatic heterocycles. The third kappa shape index (κ3) is 3.04. The van der Waals surface area contributed by atoms with Gasteiger partial charge in [-0.3, -0.25) is 4.79 Å². The summed E-state index contributed by atoms with van der Waals surface area (Å²) in [7, 11) is 0. The van der Waals surface area contributed by atoms with E-state index in [0.29, 0.717) is 12.2 Å². The highest BCUT2D eigenvalue weighted by molar-refractivity contribution is 7.03. The lowest BCUT2D eigenvalue weighted by molar-refractivity contribution is 0.0980. The van der Waals surface area contributed by atoms with Crippen molar-refractivity contribution in [2.24, 2.45) is 0 Å². The van der Waals surface area contributed by atoms with Crippen molar-refractivity contribution in [2.75, 3.05) is 4.90 Å². The maximum atomic E-state index is 12.8. The molecule has 0 atom stereocenters. The van der Waals surface area contributed by atoms with Gasteiger partial charge >= 0.3 is 0 Å². The first-order chi connectivity index (χ1) is 10.8. The Hall–Kier alpha value is -2.53. The molecule has 0 unspecified atom stereocenters. The fourth-order valence-corrected chi connectivity index (χ4v) is 2.67. The fourth-order valence-electron chi connectivity index (χ4n) is 2.24. The van der Waals surface area contributed by atoms with Crippen LogP contribution < -0.4 is 4.90 Å². The minimum Gasteiger partial charge on any atom is -0.303 e. The van der Waals surface area contributed by atoms with Gasteiger partial charge in [0.1, 0.15) is 0 Å². The average Bonchev–Trinajstić information content (AvgIpc) is 3.09. The number of anilines is 1. The van der Waals surface area contributed by atoms with Gasteiger partial charge in [-0.1, -0.05) is 47.0 Å². The van der Waals surface area contributed by atoms with Crippen molar-refractivity contribution in [2.45, 2.75) is 13.5 Å². The Morgan fingerprint density at radius 1 is 1.09 bits per heavy atom. The van der Waals surface area contributed by atoms with Crippen LogP contribution in [0.2, 0.25) is 0 Å². The summed E-state index contributed by atoms with van der Waals surface area (Å²) in [6.45, 7) is 2.56. The molecule has 0 spiro atoms. The SMILES string of the molecule is Cc1ccccc1CN(C(=O)c1csnn1)c1ccccc1. The lowest BCUT2D eigenvalue weighted by Crippen LogP contribution is -2.31. The van der Waals surface area contributed by atoms with E-state index in [2.05, 4.69) is 9.59 Å². The zero-order valence-electron chi connectivity index (χ0n) is 12.1. The van der Waals surface area contributed by atoms with Crippen LogP contribution in [0.15, 0.2) is 60.0 Å². The van der Waals surface area contributed by atoms with Crippen LogP contribution in [-0.2, 0) is 6.54 Å². The summed E-state index contributed by atoms with van der Waals surface area (Å²) < 4.78 is 3.79. The second-order valence-corrected chi connectivity index (χ2v) is 5.55. The number of carbonyl (C=O) groups excluding carboxylic acids is 1. The smallest absolute Gasteiger partial charge is 0.280 e. The van der Waals surface area contributed by atoms with Crippen molar-refractivity contribution in [3.8, 4) is 0 Å². The number of nitrogens with zero attached hydrogens (tertiary/aromatic N) is 3. The molecule has 22 heavy (non-hydrogen) atoms. The maximum absolute atomic E-state index is 12.8. The molecule has 0 radical (unpaired) electrons. The Kier molecular flexibility index (Phi) is 4.25. The molecule has 1 amide bonds. The Morgan fingerprint density at radius 3 is 2.50 bits per heavy atom. The van der Waals surface area contributed by atoms with Gasteiger partial charge in [0, 0.05) is 11.1 Å². The molecule has 3 rings (SSSR count). The van der Waals surface area contributed by atoms with Crippen molar-refractivity contribution in [3.05, 3.63) is 76.8 Å². The molecule has 0 aliphatic rings. The lowest BCUT2D eigenvalue weighted by Gasteiger charge is -2.23. The topological polar surface area (TPSA) is 46.1 Å². The van der Waals surface area contributed by atoms with Gasteiger partial charge in [0.15, 0.2) is 5.69 Å². The number of hydrogen-bond donors (Lipinski definition) is 0. The molecule has 0 saturated heterocycles. The van der Waals surface area contributed by atoms with Crippen molar-refractivity contribution in [1.29, 1.82) is 0 Å². The van der Waals surface area contributed by atoms with E-state index in [-0.39, 0.29) is 5.91 Å². The van der Waals surface area contributed by atoms with Crippen LogP contribution in [0.1, 0.15) is 21.6 Å². The van der Waals surface area contributed by atoms with Crippen molar-refractivity contribution >= 4 is 23.1 Å². The number of amides is 1. The van der Waals surface area contributed by atoms with Gasteiger partial charge in [0.25, 0.3) is 5.91 Å². The van der Waals surface area contributed by atoms with Gasteiger partial charge in [-0.05, 0) is 41.7 Å². The monoisotopic (exact) mass is 309 g/mol. The Labute approximate surface area is 133 Å². The van der Waals surface area contributed by atoms with Gasteiger partial charge in [-0.25, -0.2) is 0 Å². The first kappa shape index (κ1) is 14.4. The second-order valence-electron chi connectivity index (χ2n) is 4.94. The summed E-state index contributed by atoms with van der Waals surface area (Å²) in [5.41, 5.74) is 3.50. The Morgan fingerprint density at radius 2 is 1.82 bits per heavy atom. The summed E-state index contributed by atoms with van der Waals surface area (Å²) in [4.78, 5) is 14.5. The molecular formula is C17H15N3OS. The van der Waals surface area contributed by atoms with Crippen LogP contribution in [0.5, 0.6) is 0 Å². The molecular weight excluding hydrogens is 294 g/mol.